The van der Waals surface area contributed by atoms with Crippen molar-refractivity contribution in [3.8, 4) is 0 Å². The van der Waals surface area contributed by atoms with Crippen LogP contribution in [-0.2, 0) is 0 Å². The number of hydrogen-bond donors (Lipinski definition) is 1. The molecule has 0 bridgehead atoms. The molecule has 1 N–H and O–H groups in total. The van der Waals surface area contributed by atoms with E-state index in [9.17, 15) is 18.0 Å². The molecule has 2 aliphatic heterocycles. The van der Waals surface area contributed by atoms with Crippen LogP contribution < -0.4 is 5.32 Å². The van der Waals surface area contributed by atoms with Gasteiger partial charge in [-0.05, 0) is 51.3 Å². The van der Waals surface area contributed by atoms with Crippen molar-refractivity contribution in [2.75, 3.05) is 18.4 Å². The molecule has 1 saturated heterocycles. The van der Waals surface area contributed by atoms with E-state index < -0.39 is 18.3 Å². The summed E-state index contributed by atoms with van der Waals surface area (Å²) in [5.74, 6) is 0.0298. The molecule has 4 rings (SSSR count). The third kappa shape index (κ3) is 5.00. The van der Waals surface area contributed by atoms with Gasteiger partial charge in [0.05, 0.1) is 17.8 Å². The van der Waals surface area contributed by atoms with Gasteiger partial charge in [0.15, 0.2) is 11.8 Å². The standard InChI is InChI=1S/C24H31F3N4O/c1-17-9-5-7-13-30(17)14-8-6-12-21(32)19-16-28-31-22(24(25,26)27)15-20(29-23(19)31)18-10-3-2-4-11-18/h2-4,10-11,16-17,20,22,29H,5-9,12-15H2,1H3. The average Bonchev–Trinajstić information content (AvgIpc) is 3.21. The average molecular weight is 449 g/mol. The molecular formula is C24H31F3N4O. The van der Waals surface area contributed by atoms with Crippen LogP contribution in [0.2, 0.25) is 0 Å². The molecule has 0 saturated carbocycles. The summed E-state index contributed by atoms with van der Waals surface area (Å²) in [5, 5.41) is 7.13. The molecular weight excluding hydrogens is 417 g/mol. The van der Waals surface area contributed by atoms with Crippen LogP contribution in [-0.4, -0.2) is 45.8 Å². The van der Waals surface area contributed by atoms with E-state index in [1.54, 1.807) is 24.3 Å². The lowest BCUT2D eigenvalue weighted by Gasteiger charge is -2.34. The van der Waals surface area contributed by atoms with Crippen LogP contribution in [0.15, 0.2) is 36.5 Å². The highest BCUT2D eigenvalue weighted by molar-refractivity contribution is 6.00. The molecule has 2 aromatic rings. The zero-order chi connectivity index (χ0) is 22.7. The van der Waals surface area contributed by atoms with E-state index in [2.05, 4.69) is 22.2 Å². The normalized spacial score (nSPS) is 24.1. The summed E-state index contributed by atoms with van der Waals surface area (Å²) in [6, 6.07) is 7.35. The van der Waals surface area contributed by atoms with E-state index >= 15 is 0 Å². The number of halogens is 3. The minimum Gasteiger partial charge on any atom is -0.363 e. The maximum absolute atomic E-state index is 13.8. The molecule has 0 aliphatic carbocycles. The molecule has 3 unspecified atom stereocenters. The molecule has 174 valence electrons. The van der Waals surface area contributed by atoms with Crippen LogP contribution in [0.3, 0.4) is 0 Å². The number of nitrogens with zero attached hydrogens (tertiary/aromatic N) is 3. The topological polar surface area (TPSA) is 50.2 Å². The fourth-order valence-corrected chi connectivity index (χ4v) is 4.90. The molecule has 0 radical (unpaired) electrons. The van der Waals surface area contributed by atoms with Crippen molar-refractivity contribution in [3.63, 3.8) is 0 Å². The third-order valence-electron chi connectivity index (χ3n) is 6.78. The maximum atomic E-state index is 13.8. The van der Waals surface area contributed by atoms with Gasteiger partial charge >= 0.3 is 6.18 Å². The zero-order valence-electron chi connectivity index (χ0n) is 18.4. The zero-order valence-corrected chi connectivity index (χ0v) is 18.4. The molecule has 0 spiro atoms. The predicted octanol–water partition coefficient (Wildman–Crippen LogP) is 5.77. The lowest BCUT2D eigenvalue weighted by atomic mass is 9.96. The van der Waals surface area contributed by atoms with Crippen molar-refractivity contribution in [1.82, 2.24) is 14.7 Å². The number of fused-ring (bicyclic) bond motifs is 1. The Bertz CT molecular complexity index is 912. The summed E-state index contributed by atoms with van der Waals surface area (Å²) in [6.07, 6.45) is 2.35. The summed E-state index contributed by atoms with van der Waals surface area (Å²) >= 11 is 0. The van der Waals surface area contributed by atoms with Gasteiger partial charge in [-0.3, -0.25) is 4.79 Å². The number of anilines is 1. The van der Waals surface area contributed by atoms with Gasteiger partial charge < -0.3 is 10.2 Å². The molecule has 1 fully saturated rings. The van der Waals surface area contributed by atoms with E-state index in [0.29, 0.717) is 12.5 Å². The molecule has 32 heavy (non-hydrogen) atoms. The number of benzene rings is 1. The fourth-order valence-electron chi connectivity index (χ4n) is 4.90. The minimum atomic E-state index is -4.44. The van der Waals surface area contributed by atoms with Crippen molar-refractivity contribution in [2.24, 2.45) is 0 Å². The van der Waals surface area contributed by atoms with Crippen LogP contribution in [0.1, 0.15) is 79.9 Å². The second-order valence-corrected chi connectivity index (χ2v) is 9.01. The molecule has 5 nitrogen and oxygen atoms in total. The monoisotopic (exact) mass is 448 g/mol. The maximum Gasteiger partial charge on any atom is 0.410 e. The van der Waals surface area contributed by atoms with Gasteiger partial charge in [0.25, 0.3) is 0 Å². The highest BCUT2D eigenvalue weighted by Gasteiger charge is 2.47. The Morgan fingerprint density at radius 1 is 1.19 bits per heavy atom. The molecule has 8 heteroatoms. The van der Waals surface area contributed by atoms with Crippen molar-refractivity contribution in [3.05, 3.63) is 47.7 Å². The van der Waals surface area contributed by atoms with Gasteiger partial charge in [0.2, 0.25) is 0 Å². The summed E-state index contributed by atoms with van der Waals surface area (Å²) in [4.78, 5) is 15.4. The van der Waals surface area contributed by atoms with Gasteiger partial charge in [-0.15, -0.1) is 0 Å². The molecule has 1 aromatic heterocycles. The number of aromatic nitrogens is 2. The van der Waals surface area contributed by atoms with Crippen LogP contribution >= 0.6 is 0 Å². The number of alkyl halides is 3. The molecule has 1 aromatic carbocycles. The number of ketones is 1. The van der Waals surface area contributed by atoms with E-state index in [1.807, 2.05) is 6.07 Å². The summed E-state index contributed by atoms with van der Waals surface area (Å²) in [7, 11) is 0. The van der Waals surface area contributed by atoms with Crippen molar-refractivity contribution < 1.29 is 18.0 Å². The van der Waals surface area contributed by atoms with E-state index in [0.717, 1.165) is 36.2 Å². The Labute approximate surface area is 187 Å². The van der Waals surface area contributed by atoms with Gasteiger partial charge in [-0.25, -0.2) is 4.68 Å². The van der Waals surface area contributed by atoms with Crippen molar-refractivity contribution >= 4 is 11.6 Å². The third-order valence-corrected chi connectivity index (χ3v) is 6.78. The van der Waals surface area contributed by atoms with Crippen molar-refractivity contribution in [2.45, 2.75) is 76.2 Å². The van der Waals surface area contributed by atoms with Crippen LogP contribution in [0, 0.1) is 0 Å². The Balaban J connectivity index is 1.44. The number of rotatable bonds is 7. The molecule has 0 amide bonds. The number of piperidine rings is 1. The van der Waals surface area contributed by atoms with Crippen LogP contribution in [0.4, 0.5) is 19.0 Å². The van der Waals surface area contributed by atoms with Gasteiger partial charge in [-0.1, -0.05) is 36.8 Å². The highest BCUT2D eigenvalue weighted by atomic mass is 19.4. The first kappa shape index (κ1) is 22.8. The molecule has 3 atom stereocenters. The van der Waals surface area contributed by atoms with Gasteiger partial charge in [0, 0.05) is 18.9 Å². The first-order valence-electron chi connectivity index (χ1n) is 11.6. The summed E-state index contributed by atoms with van der Waals surface area (Å²) < 4.78 is 42.3. The van der Waals surface area contributed by atoms with Crippen LogP contribution in [0.25, 0.3) is 0 Å². The van der Waals surface area contributed by atoms with Gasteiger partial charge in [-0.2, -0.15) is 18.3 Å². The van der Waals surface area contributed by atoms with E-state index in [1.165, 1.54) is 25.5 Å². The first-order chi connectivity index (χ1) is 15.3. The second-order valence-electron chi connectivity index (χ2n) is 9.01. The van der Waals surface area contributed by atoms with Crippen LogP contribution in [0.5, 0.6) is 0 Å². The summed E-state index contributed by atoms with van der Waals surface area (Å²) in [5.41, 5.74) is 1.02. The quantitative estimate of drug-likeness (QED) is 0.432. The summed E-state index contributed by atoms with van der Waals surface area (Å²) in [6.45, 7) is 4.32. The Morgan fingerprint density at radius 3 is 2.69 bits per heavy atom. The number of hydrogen-bond acceptors (Lipinski definition) is 4. The molecule has 3 heterocycles. The number of carbonyl (C=O) groups excluding carboxylic acids is 1. The SMILES string of the molecule is CC1CCCCN1CCCCC(=O)c1cnn2c1NC(c1ccccc1)CC2C(F)(F)F. The number of unbranched alkanes of at least 4 members (excludes halogenated alkanes) is 1. The largest absolute Gasteiger partial charge is 0.410 e. The number of carbonyl (C=O) groups is 1. The predicted molar refractivity (Wildman–Crippen MR) is 118 cm³/mol. The lowest BCUT2D eigenvalue weighted by molar-refractivity contribution is -0.173. The minimum absolute atomic E-state index is 0.153. The van der Waals surface area contributed by atoms with E-state index in [4.69, 9.17) is 0 Å². The number of Topliss-reactive ketones (excluding diaryl/α,β-unsaturated/α-hetero) is 1. The number of likely N-dealkylation sites (tertiary alicyclic amines) is 1. The van der Waals surface area contributed by atoms with Gasteiger partial charge in [0.1, 0.15) is 5.82 Å². The first-order valence-corrected chi connectivity index (χ1v) is 11.6. The Morgan fingerprint density at radius 2 is 1.97 bits per heavy atom. The molecule has 2 aliphatic rings. The number of nitrogens with one attached hydrogen (secondary N) is 1. The fraction of sp³-hybridized carbons (Fsp3) is 0.583. The Kier molecular flexibility index (Phi) is 6.88. The second kappa shape index (κ2) is 9.65. The van der Waals surface area contributed by atoms with E-state index in [-0.39, 0.29) is 23.6 Å². The highest BCUT2D eigenvalue weighted by Crippen LogP contribution is 2.44. The lowest BCUT2D eigenvalue weighted by Crippen LogP contribution is -2.38. The van der Waals surface area contributed by atoms with Crippen molar-refractivity contribution in [1.29, 1.82) is 0 Å². The smallest absolute Gasteiger partial charge is 0.363 e. The Hall–Kier alpha value is -2.35.